The van der Waals surface area contributed by atoms with Gasteiger partial charge in [0.2, 0.25) is 5.69 Å². The average molecular weight is 377 g/mol. The average Bonchev–Trinajstić information content (AvgIpc) is 3.03. The van der Waals surface area contributed by atoms with Crippen LogP contribution in [0, 0.1) is 19.1 Å². The number of hydrogen-bond donors (Lipinski definition) is 2. The van der Waals surface area contributed by atoms with Crippen molar-refractivity contribution >= 4 is 21.3 Å². The van der Waals surface area contributed by atoms with Gasteiger partial charge in [-0.25, -0.2) is 4.98 Å². The zero-order chi connectivity index (χ0) is 19.1. The van der Waals surface area contributed by atoms with Crippen molar-refractivity contribution in [3.05, 3.63) is 46.4 Å². The molecular weight excluding hydrogens is 354 g/mol. The molecule has 0 fully saturated rings. The molecule has 1 aromatic carbocycles. The van der Waals surface area contributed by atoms with Gasteiger partial charge in [-0.15, -0.1) is 0 Å². The molecule has 3 aromatic rings. The maximum absolute atomic E-state index is 12.4. The molecule has 7 nitrogen and oxygen atoms in total. The number of fused-ring (bicyclic) bond motifs is 1. The number of H-pyrrole nitrogens is 1. The smallest absolute Gasteiger partial charge is 0.210 e. The Labute approximate surface area is 153 Å². The number of aromatic amines is 1. The first-order valence-electron chi connectivity index (χ1n) is 8.05. The molecule has 2 heterocycles. The molecule has 0 aliphatic carbocycles. The number of ether oxygens (including phenoxy) is 2. The number of methoxy groups -OCH3 is 2. The van der Waals surface area contributed by atoms with Crippen LogP contribution in [0.15, 0.2) is 29.6 Å². The molecule has 0 amide bonds. The zero-order valence-electron chi connectivity index (χ0n) is 15.5. The van der Waals surface area contributed by atoms with Gasteiger partial charge in [0.1, 0.15) is 11.5 Å². The van der Waals surface area contributed by atoms with Gasteiger partial charge >= 0.3 is 0 Å². The summed E-state index contributed by atoms with van der Waals surface area (Å²) in [7, 11) is 0.811. The highest BCUT2D eigenvalue weighted by Crippen LogP contribution is 2.50. The third kappa shape index (κ3) is 3.17. The number of pyridine rings is 1. The summed E-state index contributed by atoms with van der Waals surface area (Å²) in [5.74, 6) is 1.55. The molecule has 1 atom stereocenters. The summed E-state index contributed by atoms with van der Waals surface area (Å²) < 4.78 is 22.5. The van der Waals surface area contributed by atoms with E-state index in [1.54, 1.807) is 20.5 Å². The van der Waals surface area contributed by atoms with Crippen LogP contribution in [-0.2, 0) is 5.75 Å². The van der Waals surface area contributed by atoms with E-state index in [0.717, 1.165) is 26.9 Å². The maximum atomic E-state index is 12.4. The van der Waals surface area contributed by atoms with E-state index < -0.39 is 10.3 Å². The standard InChI is InChI=1S/C18H23N3O4S/c1-11-9-21(22)16(12(2)17(11)25-4)10-26(5,23)18-19-14-7-6-13(24-3)8-15(14)20-18/h6-9,23H,10H2,1-5H3,(H,19,20). The van der Waals surface area contributed by atoms with Crippen LogP contribution in [0.4, 0.5) is 0 Å². The number of hydrogen-bond acceptors (Lipinski definition) is 5. The first kappa shape index (κ1) is 18.3. The third-order valence-corrected chi connectivity index (χ3v) is 6.28. The van der Waals surface area contributed by atoms with Crippen LogP contribution >= 0.6 is 10.3 Å². The molecule has 0 bridgehead atoms. The Morgan fingerprint density at radius 1 is 1.27 bits per heavy atom. The lowest BCUT2D eigenvalue weighted by Gasteiger charge is -2.26. The molecule has 26 heavy (non-hydrogen) atoms. The molecule has 0 aliphatic rings. The second-order valence-electron chi connectivity index (χ2n) is 6.35. The number of nitrogens with one attached hydrogen (secondary N) is 1. The summed E-state index contributed by atoms with van der Waals surface area (Å²) >= 11 is 0. The number of imidazole rings is 1. The van der Waals surface area contributed by atoms with Gasteiger partial charge in [0.25, 0.3) is 0 Å². The Morgan fingerprint density at radius 3 is 2.65 bits per heavy atom. The number of aryl methyl sites for hydroxylation is 1. The van der Waals surface area contributed by atoms with Crippen LogP contribution in [-0.4, -0.2) is 35.0 Å². The van der Waals surface area contributed by atoms with E-state index in [4.69, 9.17) is 9.47 Å². The summed E-state index contributed by atoms with van der Waals surface area (Å²) in [6, 6.07) is 5.48. The minimum atomic E-state index is -2.36. The molecule has 1 unspecified atom stereocenters. The Balaban J connectivity index is 2.01. The summed E-state index contributed by atoms with van der Waals surface area (Å²) in [4.78, 5) is 7.67. The molecule has 8 heteroatoms. The quantitative estimate of drug-likeness (QED) is 0.525. The topological polar surface area (TPSA) is 94.3 Å². The Morgan fingerprint density at radius 2 is 2.00 bits per heavy atom. The Kier molecular flexibility index (Phi) is 4.72. The van der Waals surface area contributed by atoms with E-state index in [-0.39, 0.29) is 5.75 Å². The van der Waals surface area contributed by atoms with Gasteiger partial charge in [-0.1, -0.05) is 10.3 Å². The highest BCUT2D eigenvalue weighted by molar-refractivity contribution is 8.27. The van der Waals surface area contributed by atoms with Gasteiger partial charge in [-0.3, -0.25) is 0 Å². The van der Waals surface area contributed by atoms with Crippen molar-refractivity contribution < 1.29 is 18.8 Å². The Bertz CT molecular complexity index is 969. The number of rotatable bonds is 5. The van der Waals surface area contributed by atoms with Gasteiger partial charge in [-0.05, 0) is 32.2 Å². The first-order chi connectivity index (χ1) is 12.3. The van der Waals surface area contributed by atoms with Crippen molar-refractivity contribution in [3.8, 4) is 11.5 Å². The van der Waals surface area contributed by atoms with Crippen molar-refractivity contribution in [1.82, 2.24) is 9.97 Å². The van der Waals surface area contributed by atoms with Gasteiger partial charge < -0.3 is 24.2 Å². The lowest BCUT2D eigenvalue weighted by Crippen LogP contribution is -2.34. The largest absolute Gasteiger partial charge is 0.618 e. The van der Waals surface area contributed by atoms with Crippen LogP contribution < -0.4 is 14.2 Å². The fraction of sp³-hybridized carbons (Fsp3) is 0.333. The van der Waals surface area contributed by atoms with Crippen molar-refractivity contribution in [2.45, 2.75) is 24.8 Å². The fourth-order valence-corrected chi connectivity index (χ4v) is 4.66. The molecule has 0 aliphatic heterocycles. The highest BCUT2D eigenvalue weighted by atomic mass is 32.3. The van der Waals surface area contributed by atoms with E-state index in [9.17, 15) is 9.76 Å². The minimum Gasteiger partial charge on any atom is -0.618 e. The fourth-order valence-electron chi connectivity index (χ4n) is 3.03. The molecular formula is C18H23N3O4S. The van der Waals surface area contributed by atoms with Crippen molar-refractivity contribution in [2.24, 2.45) is 0 Å². The summed E-state index contributed by atoms with van der Waals surface area (Å²) in [5.41, 5.74) is 3.48. The van der Waals surface area contributed by atoms with Crippen molar-refractivity contribution in [1.29, 1.82) is 0 Å². The van der Waals surface area contributed by atoms with Gasteiger partial charge in [0.15, 0.2) is 11.4 Å². The predicted octanol–water partition coefficient (Wildman–Crippen LogP) is 3.30. The van der Waals surface area contributed by atoms with Crippen LogP contribution in [0.25, 0.3) is 11.0 Å². The molecule has 0 spiro atoms. The lowest BCUT2D eigenvalue weighted by molar-refractivity contribution is -0.613. The first-order valence-corrected chi connectivity index (χ1v) is 10.2. The number of benzene rings is 1. The summed E-state index contributed by atoms with van der Waals surface area (Å²) in [6.45, 7) is 3.65. The molecule has 3 rings (SSSR count). The van der Waals surface area contributed by atoms with Crippen LogP contribution in [0.1, 0.15) is 16.8 Å². The normalized spacial score (nSPS) is 14.8. The second-order valence-corrected chi connectivity index (χ2v) is 9.11. The van der Waals surface area contributed by atoms with Crippen molar-refractivity contribution in [2.75, 3.05) is 20.5 Å². The van der Waals surface area contributed by atoms with Gasteiger partial charge in [0, 0.05) is 6.07 Å². The molecule has 2 aromatic heterocycles. The molecule has 0 radical (unpaired) electrons. The summed E-state index contributed by atoms with van der Waals surface area (Å²) in [6.07, 6.45) is 3.19. The summed E-state index contributed by atoms with van der Waals surface area (Å²) in [5, 5.41) is 12.9. The third-order valence-electron chi connectivity index (χ3n) is 4.41. The lowest BCUT2D eigenvalue weighted by atomic mass is 10.1. The second kappa shape index (κ2) is 6.69. The number of nitrogens with zero attached hydrogens (tertiary/aromatic N) is 2. The molecule has 140 valence electrons. The van der Waals surface area contributed by atoms with Crippen LogP contribution in [0.2, 0.25) is 0 Å². The maximum Gasteiger partial charge on any atom is 0.210 e. The van der Waals surface area contributed by atoms with E-state index in [2.05, 4.69) is 9.97 Å². The molecule has 0 saturated heterocycles. The van der Waals surface area contributed by atoms with Crippen LogP contribution in [0.5, 0.6) is 11.5 Å². The Hall–Kier alpha value is -2.45. The molecule has 0 saturated carbocycles. The van der Waals surface area contributed by atoms with Crippen molar-refractivity contribution in [3.63, 3.8) is 0 Å². The molecule has 2 N–H and O–H groups in total. The van der Waals surface area contributed by atoms with Crippen LogP contribution in [0.3, 0.4) is 0 Å². The van der Waals surface area contributed by atoms with E-state index >= 15 is 0 Å². The SMILES string of the molecule is COc1ccc2nc(S(C)(O)Cc3c(C)c(OC)c(C)c[n+]3[O-])[nH]c2c1. The zero-order valence-corrected chi connectivity index (χ0v) is 16.3. The monoisotopic (exact) mass is 377 g/mol. The highest BCUT2D eigenvalue weighted by Gasteiger charge is 2.29. The minimum absolute atomic E-state index is 0.177. The van der Waals surface area contributed by atoms with Gasteiger partial charge in [-0.2, -0.15) is 4.73 Å². The number of aromatic nitrogens is 3. The van der Waals surface area contributed by atoms with Gasteiger partial charge in [0.05, 0.1) is 42.1 Å². The predicted molar refractivity (Wildman–Crippen MR) is 102 cm³/mol. The van der Waals surface area contributed by atoms with E-state index in [0.29, 0.717) is 22.3 Å². The van der Waals surface area contributed by atoms with E-state index in [1.165, 1.54) is 6.20 Å². The van der Waals surface area contributed by atoms with E-state index in [1.807, 2.05) is 32.0 Å².